The van der Waals surface area contributed by atoms with Gasteiger partial charge in [0.15, 0.2) is 5.78 Å². The van der Waals surface area contributed by atoms with E-state index in [-0.39, 0.29) is 5.78 Å². The molecule has 0 aromatic heterocycles. The van der Waals surface area contributed by atoms with E-state index in [4.69, 9.17) is 4.74 Å². The third kappa shape index (κ3) is 5.70. The van der Waals surface area contributed by atoms with Gasteiger partial charge in [0.25, 0.3) is 0 Å². The normalized spacial score (nSPS) is 10.9. The highest BCUT2D eigenvalue weighted by Gasteiger charge is 2.02. The number of benzene rings is 2. The van der Waals surface area contributed by atoms with Crippen LogP contribution in [0.25, 0.3) is 10.8 Å². The fraction of sp³-hybridized carbons (Fsp3) is 0.476. The summed E-state index contributed by atoms with van der Waals surface area (Å²) in [5, 5.41) is 2.20. The first-order valence-electron chi connectivity index (χ1n) is 8.88. The van der Waals surface area contributed by atoms with E-state index in [0.29, 0.717) is 0 Å². The quantitative estimate of drug-likeness (QED) is 0.387. The maximum absolute atomic E-state index is 11.5. The summed E-state index contributed by atoms with van der Waals surface area (Å²) in [6, 6.07) is 11.9. The first kappa shape index (κ1) is 17.5. The van der Waals surface area contributed by atoms with Crippen LogP contribution in [-0.2, 0) is 0 Å². The number of unbranched alkanes of at least 4 members (excludes halogenated alkanes) is 6. The Morgan fingerprint density at radius 3 is 2.30 bits per heavy atom. The van der Waals surface area contributed by atoms with Gasteiger partial charge in [-0.1, -0.05) is 63.6 Å². The van der Waals surface area contributed by atoms with Gasteiger partial charge >= 0.3 is 0 Å². The molecule has 0 amide bonds. The van der Waals surface area contributed by atoms with Crippen LogP contribution in [-0.4, -0.2) is 12.4 Å². The molecule has 0 fully saturated rings. The van der Waals surface area contributed by atoms with E-state index in [9.17, 15) is 4.79 Å². The fourth-order valence-electron chi connectivity index (χ4n) is 2.78. The lowest BCUT2D eigenvalue weighted by Gasteiger charge is -2.08. The molecule has 0 unspecified atom stereocenters. The highest BCUT2D eigenvalue weighted by Crippen LogP contribution is 2.22. The van der Waals surface area contributed by atoms with E-state index in [1.54, 1.807) is 6.92 Å². The summed E-state index contributed by atoms with van der Waals surface area (Å²) in [6.45, 7) is 4.62. The second kappa shape index (κ2) is 9.34. The third-order valence-electron chi connectivity index (χ3n) is 4.23. The van der Waals surface area contributed by atoms with Crippen LogP contribution < -0.4 is 4.74 Å². The van der Waals surface area contributed by atoms with Crippen molar-refractivity contribution in [2.75, 3.05) is 6.61 Å². The molecule has 0 saturated carbocycles. The molecule has 0 radical (unpaired) electrons. The molecule has 0 N–H and O–H groups in total. The Kier molecular flexibility index (Phi) is 7.12. The van der Waals surface area contributed by atoms with Crippen LogP contribution in [0.2, 0.25) is 0 Å². The standard InChI is InChI=1S/C21H28O2/c1-3-4-5-6-7-8-9-14-23-21-13-12-18-10-11-19(17(2)22)15-20(18)16-21/h10-13,15-16H,3-9,14H2,1-2H3. The van der Waals surface area contributed by atoms with Crippen molar-refractivity contribution in [1.82, 2.24) is 0 Å². The predicted octanol–water partition coefficient (Wildman–Crippen LogP) is 6.17. The molecule has 0 atom stereocenters. The van der Waals surface area contributed by atoms with Crippen LogP contribution >= 0.6 is 0 Å². The lowest BCUT2D eigenvalue weighted by atomic mass is 10.0. The minimum Gasteiger partial charge on any atom is -0.494 e. The van der Waals surface area contributed by atoms with Crippen LogP contribution in [0.1, 0.15) is 69.2 Å². The zero-order valence-electron chi connectivity index (χ0n) is 14.4. The summed E-state index contributed by atoms with van der Waals surface area (Å²) in [4.78, 5) is 11.5. The van der Waals surface area contributed by atoms with Crippen molar-refractivity contribution in [2.45, 2.75) is 58.8 Å². The summed E-state index contributed by atoms with van der Waals surface area (Å²) >= 11 is 0. The molecule has 2 heteroatoms. The Hall–Kier alpha value is -1.83. The van der Waals surface area contributed by atoms with Gasteiger partial charge in [-0.3, -0.25) is 4.79 Å². The summed E-state index contributed by atoms with van der Waals surface area (Å²) in [5.41, 5.74) is 0.752. The number of ketones is 1. The molecule has 2 rings (SSSR count). The van der Waals surface area contributed by atoms with Crippen molar-refractivity contribution >= 4 is 16.6 Å². The molecule has 2 aromatic carbocycles. The lowest BCUT2D eigenvalue weighted by Crippen LogP contribution is -1.97. The summed E-state index contributed by atoms with van der Waals surface area (Å²) in [6.07, 6.45) is 9.02. The predicted molar refractivity (Wildman–Crippen MR) is 97.4 cm³/mol. The monoisotopic (exact) mass is 312 g/mol. The maximum Gasteiger partial charge on any atom is 0.159 e. The van der Waals surface area contributed by atoms with Gasteiger partial charge < -0.3 is 4.74 Å². The van der Waals surface area contributed by atoms with Gasteiger partial charge in [-0.25, -0.2) is 0 Å². The summed E-state index contributed by atoms with van der Waals surface area (Å²) < 4.78 is 5.86. The van der Waals surface area contributed by atoms with E-state index < -0.39 is 0 Å². The minimum atomic E-state index is 0.0984. The van der Waals surface area contributed by atoms with Crippen LogP contribution in [0.4, 0.5) is 0 Å². The molecule has 0 heterocycles. The van der Waals surface area contributed by atoms with Crippen molar-refractivity contribution in [3.05, 3.63) is 42.0 Å². The van der Waals surface area contributed by atoms with Gasteiger partial charge in [0.2, 0.25) is 0 Å². The van der Waals surface area contributed by atoms with Crippen LogP contribution in [0, 0.1) is 0 Å². The SMILES string of the molecule is CCCCCCCCCOc1ccc2ccc(C(C)=O)cc2c1. The van der Waals surface area contributed by atoms with Crippen molar-refractivity contribution in [1.29, 1.82) is 0 Å². The maximum atomic E-state index is 11.5. The van der Waals surface area contributed by atoms with Gasteiger partial charge in [-0.15, -0.1) is 0 Å². The van der Waals surface area contributed by atoms with E-state index >= 15 is 0 Å². The Bertz CT molecular complexity index is 631. The van der Waals surface area contributed by atoms with Crippen molar-refractivity contribution in [3.63, 3.8) is 0 Å². The lowest BCUT2D eigenvalue weighted by molar-refractivity contribution is 0.101. The minimum absolute atomic E-state index is 0.0984. The average Bonchev–Trinajstić information content (AvgIpc) is 2.56. The summed E-state index contributed by atoms with van der Waals surface area (Å²) in [7, 11) is 0. The van der Waals surface area contributed by atoms with Crippen LogP contribution in [0.5, 0.6) is 5.75 Å². The molecule has 0 aliphatic rings. The second-order valence-electron chi connectivity index (χ2n) is 6.25. The van der Waals surface area contributed by atoms with E-state index in [1.165, 1.54) is 38.5 Å². The Morgan fingerprint density at radius 1 is 0.870 bits per heavy atom. The van der Waals surface area contributed by atoms with Crippen LogP contribution in [0.15, 0.2) is 36.4 Å². The second-order valence-corrected chi connectivity index (χ2v) is 6.25. The molecule has 124 valence electrons. The first-order chi connectivity index (χ1) is 11.2. The van der Waals surface area contributed by atoms with Gasteiger partial charge in [0, 0.05) is 5.56 Å². The molecule has 0 spiro atoms. The first-order valence-corrected chi connectivity index (χ1v) is 8.88. The number of ether oxygens (including phenoxy) is 1. The zero-order valence-corrected chi connectivity index (χ0v) is 14.4. The zero-order chi connectivity index (χ0) is 16.5. The molecule has 0 aliphatic heterocycles. The third-order valence-corrected chi connectivity index (χ3v) is 4.23. The highest BCUT2D eigenvalue weighted by molar-refractivity contribution is 5.98. The number of hydrogen-bond donors (Lipinski definition) is 0. The number of carbonyl (C=O) groups excluding carboxylic acids is 1. The van der Waals surface area contributed by atoms with Crippen LogP contribution in [0.3, 0.4) is 0 Å². The Labute approximate surface area is 139 Å². The topological polar surface area (TPSA) is 26.3 Å². The largest absolute Gasteiger partial charge is 0.494 e. The van der Waals surface area contributed by atoms with Gasteiger partial charge in [0.1, 0.15) is 5.75 Å². The molecular weight excluding hydrogens is 284 g/mol. The molecule has 0 saturated heterocycles. The van der Waals surface area contributed by atoms with Crippen molar-refractivity contribution in [3.8, 4) is 5.75 Å². The molecule has 2 aromatic rings. The number of carbonyl (C=O) groups is 1. The molecule has 23 heavy (non-hydrogen) atoms. The molecule has 0 aliphatic carbocycles. The number of fused-ring (bicyclic) bond motifs is 1. The Morgan fingerprint density at radius 2 is 1.57 bits per heavy atom. The van der Waals surface area contributed by atoms with E-state index in [0.717, 1.165) is 35.1 Å². The van der Waals surface area contributed by atoms with Gasteiger partial charge in [-0.05, 0) is 42.3 Å². The highest BCUT2D eigenvalue weighted by atomic mass is 16.5. The fourth-order valence-corrected chi connectivity index (χ4v) is 2.78. The number of Topliss-reactive ketones (excluding diaryl/α,β-unsaturated/α-hetero) is 1. The van der Waals surface area contributed by atoms with Crippen molar-refractivity contribution < 1.29 is 9.53 Å². The van der Waals surface area contributed by atoms with Gasteiger partial charge in [0.05, 0.1) is 6.61 Å². The van der Waals surface area contributed by atoms with Gasteiger partial charge in [-0.2, -0.15) is 0 Å². The molecule has 2 nitrogen and oxygen atoms in total. The Balaban J connectivity index is 1.80. The smallest absolute Gasteiger partial charge is 0.159 e. The molecular formula is C21H28O2. The average molecular weight is 312 g/mol. The van der Waals surface area contributed by atoms with Crippen molar-refractivity contribution in [2.24, 2.45) is 0 Å². The number of hydrogen-bond acceptors (Lipinski definition) is 2. The summed E-state index contributed by atoms with van der Waals surface area (Å²) in [5.74, 6) is 0.991. The molecule has 0 bridgehead atoms. The number of rotatable bonds is 10. The van der Waals surface area contributed by atoms with E-state index in [1.807, 2.05) is 30.3 Å². The van der Waals surface area contributed by atoms with E-state index in [2.05, 4.69) is 13.0 Å².